The first-order valence-electron chi connectivity index (χ1n) is 11.7. The van der Waals surface area contributed by atoms with E-state index < -0.39 is 31.5 Å². The zero-order chi connectivity index (χ0) is 25.6. The second kappa shape index (κ2) is 12.0. The minimum Gasteiger partial charge on any atom is -0.504 e. The Balaban J connectivity index is 0.000000970. The Bertz CT molecular complexity index is 1160. The van der Waals surface area contributed by atoms with Crippen molar-refractivity contribution >= 4 is 33.0 Å². The lowest BCUT2D eigenvalue weighted by Crippen LogP contribution is -2.51. The minimum atomic E-state index is -4.07. The molecule has 0 saturated carbocycles. The normalized spacial score (nSPS) is 18.4. The number of hydrogen-bond donors (Lipinski definition) is 2. The molecule has 2 aliphatic rings. The molecule has 2 aromatic rings. The molecular weight excluding hydrogens is 482 g/mol. The highest BCUT2D eigenvalue weighted by Gasteiger charge is 2.38. The molecule has 11 heteroatoms. The fraction of sp³-hybridized carbons (Fsp3) is 0.565. The van der Waals surface area contributed by atoms with Gasteiger partial charge in [-0.1, -0.05) is 39.3 Å². The van der Waals surface area contributed by atoms with E-state index in [2.05, 4.69) is 10.2 Å². The van der Waals surface area contributed by atoms with Crippen molar-refractivity contribution in [2.24, 2.45) is 0 Å². The highest BCUT2D eigenvalue weighted by molar-refractivity contribution is 7.89. The van der Waals surface area contributed by atoms with Crippen LogP contribution in [0.5, 0.6) is 11.5 Å². The van der Waals surface area contributed by atoms with E-state index in [1.807, 2.05) is 27.7 Å². The lowest BCUT2D eigenvalue weighted by atomic mass is 10.2. The van der Waals surface area contributed by atoms with Crippen LogP contribution in [0, 0.1) is 0 Å². The zero-order valence-corrected chi connectivity index (χ0v) is 21.9. The van der Waals surface area contributed by atoms with Crippen molar-refractivity contribution in [1.82, 2.24) is 9.21 Å². The molecule has 9 nitrogen and oxygen atoms in total. The highest BCUT2D eigenvalue weighted by Crippen LogP contribution is 2.41. The van der Waals surface area contributed by atoms with E-state index in [9.17, 15) is 23.1 Å². The van der Waals surface area contributed by atoms with Gasteiger partial charge in [0.15, 0.2) is 11.5 Å². The summed E-state index contributed by atoms with van der Waals surface area (Å²) in [5.41, 5.74) is -1.74. The third-order valence-electron chi connectivity index (χ3n) is 5.65. The molecular formula is C23H34ClN3O6S. The first-order chi connectivity index (χ1) is 16.3. The van der Waals surface area contributed by atoms with E-state index in [1.54, 1.807) is 6.92 Å². The van der Waals surface area contributed by atoms with Crippen LogP contribution < -0.4 is 20.9 Å². The summed E-state index contributed by atoms with van der Waals surface area (Å²) in [6, 6.07) is 2.83. The molecule has 0 aromatic heterocycles. The quantitative estimate of drug-likeness (QED) is 0.444. The van der Waals surface area contributed by atoms with Crippen LogP contribution in [0.3, 0.4) is 0 Å². The molecule has 0 spiro atoms. The number of benzene rings is 1. The van der Waals surface area contributed by atoms with Crippen LogP contribution in [-0.2, 0) is 10.0 Å². The minimum absolute atomic E-state index is 0.0504. The topological polar surface area (TPSA) is 116 Å². The van der Waals surface area contributed by atoms with Gasteiger partial charge in [-0.15, -0.1) is 0 Å². The van der Waals surface area contributed by atoms with Crippen LogP contribution in [0.15, 0.2) is 26.6 Å². The summed E-state index contributed by atoms with van der Waals surface area (Å²) in [4.78, 5) is 25.4. The number of fused-ring (bicyclic) bond motifs is 1. The number of ether oxygens (including phenoxy) is 1. The summed E-state index contributed by atoms with van der Waals surface area (Å²) >= 11 is 6.17. The van der Waals surface area contributed by atoms with Crippen molar-refractivity contribution < 1.29 is 18.3 Å². The molecule has 190 valence electrons. The van der Waals surface area contributed by atoms with Gasteiger partial charge < -0.3 is 15.2 Å². The second-order valence-electron chi connectivity index (χ2n) is 7.39. The maximum absolute atomic E-state index is 13.3. The summed E-state index contributed by atoms with van der Waals surface area (Å²) in [7, 11) is -4.07. The lowest BCUT2D eigenvalue weighted by molar-refractivity contribution is 0.158. The third kappa shape index (κ3) is 5.25. The number of nitrogens with zero attached hydrogens (tertiary/aromatic N) is 2. The van der Waals surface area contributed by atoms with Gasteiger partial charge in [-0.25, -0.2) is 8.42 Å². The van der Waals surface area contributed by atoms with Gasteiger partial charge in [-0.3, -0.25) is 14.5 Å². The second-order valence-corrected chi connectivity index (χ2v) is 9.67. The Hall–Kier alpha value is -2.14. The Morgan fingerprint density at radius 2 is 1.79 bits per heavy atom. The van der Waals surface area contributed by atoms with Gasteiger partial charge in [-0.05, 0) is 38.4 Å². The van der Waals surface area contributed by atoms with E-state index in [0.29, 0.717) is 19.6 Å². The maximum atomic E-state index is 13.3. The number of hydrogen-bond acceptors (Lipinski definition) is 8. The smallest absolute Gasteiger partial charge is 0.272 e. The molecule has 4 rings (SSSR count). The van der Waals surface area contributed by atoms with Crippen molar-refractivity contribution in [1.29, 1.82) is 0 Å². The Kier molecular flexibility index (Phi) is 9.93. The molecule has 2 N–H and O–H groups in total. The van der Waals surface area contributed by atoms with Crippen molar-refractivity contribution in [3.8, 4) is 11.5 Å². The van der Waals surface area contributed by atoms with Crippen molar-refractivity contribution in [2.45, 2.75) is 58.4 Å². The Morgan fingerprint density at radius 1 is 1.12 bits per heavy atom. The van der Waals surface area contributed by atoms with Crippen LogP contribution in [0.4, 0.5) is 11.4 Å². The number of rotatable bonds is 6. The van der Waals surface area contributed by atoms with E-state index in [4.69, 9.17) is 16.3 Å². The fourth-order valence-electron chi connectivity index (χ4n) is 4.10. The van der Waals surface area contributed by atoms with Gasteiger partial charge in [0.2, 0.25) is 10.0 Å². The summed E-state index contributed by atoms with van der Waals surface area (Å²) < 4.78 is 33.1. The van der Waals surface area contributed by atoms with Crippen LogP contribution in [0.2, 0.25) is 5.02 Å². The van der Waals surface area contributed by atoms with Crippen LogP contribution in [0.25, 0.3) is 0 Å². The third-order valence-corrected chi connectivity index (χ3v) is 8.01. The van der Waals surface area contributed by atoms with Crippen LogP contribution in [0.1, 0.15) is 47.5 Å². The molecule has 1 atom stereocenters. The number of halogens is 1. The average molecular weight is 516 g/mol. The summed E-state index contributed by atoms with van der Waals surface area (Å²) in [5, 5.41) is 13.2. The molecule has 1 unspecified atom stereocenters. The Morgan fingerprint density at radius 3 is 2.44 bits per heavy atom. The molecule has 2 fully saturated rings. The van der Waals surface area contributed by atoms with Crippen molar-refractivity contribution in [2.75, 3.05) is 38.1 Å². The molecule has 2 aromatic carbocycles. The molecule has 2 saturated heterocycles. The highest BCUT2D eigenvalue weighted by atomic mass is 35.5. The Labute approximate surface area is 206 Å². The molecule has 0 bridgehead atoms. The van der Waals surface area contributed by atoms with Crippen LogP contribution in [-0.4, -0.2) is 61.6 Å². The van der Waals surface area contributed by atoms with Gasteiger partial charge in [0.05, 0.1) is 17.3 Å². The predicted octanol–water partition coefficient (Wildman–Crippen LogP) is 3.31. The van der Waals surface area contributed by atoms with Gasteiger partial charge in [0, 0.05) is 25.7 Å². The van der Waals surface area contributed by atoms with E-state index in [1.165, 1.54) is 16.4 Å². The summed E-state index contributed by atoms with van der Waals surface area (Å²) in [6.45, 7) is 12.1. The van der Waals surface area contributed by atoms with E-state index in [-0.39, 0.29) is 34.8 Å². The monoisotopic (exact) mass is 515 g/mol. The average Bonchev–Trinajstić information content (AvgIpc) is 3.33. The number of phenols is 1. The van der Waals surface area contributed by atoms with Crippen LogP contribution >= 0.6 is 11.6 Å². The van der Waals surface area contributed by atoms with Gasteiger partial charge in [0.25, 0.3) is 10.9 Å². The van der Waals surface area contributed by atoms with Gasteiger partial charge in [0.1, 0.15) is 10.6 Å². The summed E-state index contributed by atoms with van der Waals surface area (Å²) in [5.74, 6) is -0.745. The number of sulfonamides is 1. The number of phenolic OH excluding ortho intramolecular Hbond substituents is 1. The molecule has 2 heterocycles. The molecule has 0 amide bonds. The summed E-state index contributed by atoms with van der Waals surface area (Å²) in [6.07, 6.45) is 1.96. The van der Waals surface area contributed by atoms with Crippen molar-refractivity contribution in [3.63, 3.8) is 0 Å². The SMILES string of the molecule is CC.CC.CCOc1c(Nc2ccc(Cl)c(S(=O)(=O)N3CCN4CCCC4C3)c2O)c(=O)c1=O. The molecule has 0 aliphatic carbocycles. The molecule has 34 heavy (non-hydrogen) atoms. The first-order valence-corrected chi connectivity index (χ1v) is 13.6. The van der Waals surface area contributed by atoms with E-state index in [0.717, 1.165) is 19.4 Å². The number of aromatic hydroxyl groups is 1. The molecule has 0 radical (unpaired) electrons. The first kappa shape index (κ1) is 28.1. The van der Waals surface area contributed by atoms with Gasteiger partial charge >= 0.3 is 0 Å². The lowest BCUT2D eigenvalue weighted by Gasteiger charge is -2.36. The van der Waals surface area contributed by atoms with Crippen molar-refractivity contribution in [3.05, 3.63) is 37.6 Å². The maximum Gasteiger partial charge on any atom is 0.272 e. The number of piperazine rings is 1. The standard InChI is InChI=1S/C19H22ClN3O6S.2C2H6/c1-2-29-18-14(16(25)17(18)26)21-13-6-5-12(20)19(15(13)24)30(27,28)23-9-8-22-7-3-4-11(22)10-23;2*1-2/h5-6,11,21,24H,2-4,7-10H2,1H3;2*1-2H3. The largest absolute Gasteiger partial charge is 0.504 e. The van der Waals surface area contributed by atoms with Gasteiger partial charge in [-0.2, -0.15) is 4.31 Å². The number of anilines is 2. The molecule has 2 aliphatic heterocycles. The zero-order valence-electron chi connectivity index (χ0n) is 20.4. The van der Waals surface area contributed by atoms with E-state index >= 15 is 0 Å². The number of nitrogens with one attached hydrogen (secondary N) is 1. The fourth-order valence-corrected chi connectivity index (χ4v) is 6.17. The predicted molar refractivity (Wildman–Crippen MR) is 135 cm³/mol.